The second-order valence-electron chi connectivity index (χ2n) is 6.41. The first kappa shape index (κ1) is 17.2. The van der Waals surface area contributed by atoms with Crippen molar-refractivity contribution in [3.8, 4) is 5.75 Å². The van der Waals surface area contributed by atoms with Crippen molar-refractivity contribution < 1.29 is 14.7 Å². The van der Waals surface area contributed by atoms with Gasteiger partial charge in [-0.25, -0.2) is 0 Å². The van der Waals surface area contributed by atoms with Crippen molar-refractivity contribution in [2.75, 3.05) is 18.4 Å². The van der Waals surface area contributed by atoms with Gasteiger partial charge in [0.2, 0.25) is 5.91 Å². The van der Waals surface area contributed by atoms with Crippen LogP contribution < -0.4 is 5.32 Å². The predicted molar refractivity (Wildman–Crippen MR) is 96.7 cm³/mol. The summed E-state index contributed by atoms with van der Waals surface area (Å²) in [5, 5.41) is 12.3. The summed E-state index contributed by atoms with van der Waals surface area (Å²) < 4.78 is 0. The van der Waals surface area contributed by atoms with E-state index in [1.807, 2.05) is 12.1 Å². The number of Topliss-reactive ketones (excluding diaryl/α,β-unsaturated/α-hetero) is 1. The van der Waals surface area contributed by atoms with Gasteiger partial charge >= 0.3 is 0 Å². The fourth-order valence-electron chi connectivity index (χ4n) is 3.29. The lowest BCUT2D eigenvalue weighted by Gasteiger charge is -2.24. The maximum atomic E-state index is 12.4. The molecule has 1 aliphatic heterocycles. The number of likely N-dealkylation sites (tertiary alicyclic amines) is 1. The van der Waals surface area contributed by atoms with E-state index >= 15 is 0 Å². The fourth-order valence-corrected chi connectivity index (χ4v) is 3.29. The Bertz CT molecular complexity index is 771. The third-order valence-electron chi connectivity index (χ3n) is 4.54. The van der Waals surface area contributed by atoms with Gasteiger partial charge in [0.05, 0.1) is 6.54 Å². The second-order valence-corrected chi connectivity index (χ2v) is 6.41. The fraction of sp³-hybridized carbons (Fsp3) is 0.300. The van der Waals surface area contributed by atoms with Crippen LogP contribution in [0.3, 0.4) is 0 Å². The van der Waals surface area contributed by atoms with Crippen LogP contribution in [0.1, 0.15) is 41.7 Å². The summed E-state index contributed by atoms with van der Waals surface area (Å²) in [5.74, 6) is 0.130. The quantitative estimate of drug-likeness (QED) is 0.820. The molecule has 5 heteroatoms. The van der Waals surface area contributed by atoms with Gasteiger partial charge in [-0.05, 0) is 56.1 Å². The molecule has 0 spiro atoms. The predicted octanol–water partition coefficient (Wildman–Crippen LogP) is 3.37. The van der Waals surface area contributed by atoms with Crippen LogP contribution in [0.4, 0.5) is 5.69 Å². The molecule has 2 aromatic rings. The van der Waals surface area contributed by atoms with Gasteiger partial charge in [0.15, 0.2) is 5.78 Å². The molecule has 0 aromatic heterocycles. The van der Waals surface area contributed by atoms with Gasteiger partial charge in [0.25, 0.3) is 0 Å². The average molecular weight is 338 g/mol. The number of nitrogens with one attached hydrogen (secondary N) is 1. The molecule has 2 aromatic carbocycles. The Hall–Kier alpha value is -2.66. The molecule has 130 valence electrons. The van der Waals surface area contributed by atoms with Gasteiger partial charge in [-0.15, -0.1) is 0 Å². The lowest BCUT2D eigenvalue weighted by molar-refractivity contribution is -0.117. The molecule has 1 atom stereocenters. The highest BCUT2D eigenvalue weighted by atomic mass is 16.3. The lowest BCUT2D eigenvalue weighted by Crippen LogP contribution is -2.32. The summed E-state index contributed by atoms with van der Waals surface area (Å²) in [6.07, 6.45) is 2.04. The summed E-state index contributed by atoms with van der Waals surface area (Å²) in [5.41, 5.74) is 2.33. The number of carbonyl (C=O) groups is 2. The molecule has 2 N–H and O–H groups in total. The van der Waals surface area contributed by atoms with Crippen molar-refractivity contribution in [1.29, 1.82) is 0 Å². The maximum Gasteiger partial charge on any atom is 0.238 e. The highest BCUT2D eigenvalue weighted by Crippen LogP contribution is 2.32. The Morgan fingerprint density at radius 1 is 1.20 bits per heavy atom. The molecule has 1 saturated heterocycles. The number of nitrogens with zero attached hydrogens (tertiary/aromatic N) is 1. The van der Waals surface area contributed by atoms with Crippen LogP contribution in [0.25, 0.3) is 0 Å². The van der Waals surface area contributed by atoms with Crippen molar-refractivity contribution in [3.63, 3.8) is 0 Å². The van der Waals surface area contributed by atoms with E-state index in [4.69, 9.17) is 0 Å². The topological polar surface area (TPSA) is 69.6 Å². The standard InChI is InChI=1S/C20H22N2O3/c1-14(23)16-4-2-5-17(12-16)21-20(25)13-22-11-3-6-19(22)15-7-9-18(24)10-8-15/h2,4-5,7-10,12,19,24H,3,6,11,13H2,1H3,(H,21,25). The zero-order valence-corrected chi connectivity index (χ0v) is 14.2. The van der Waals surface area contributed by atoms with E-state index in [9.17, 15) is 14.7 Å². The first-order chi connectivity index (χ1) is 12.0. The molecule has 0 aliphatic carbocycles. The molecule has 5 nitrogen and oxygen atoms in total. The Labute approximate surface area is 147 Å². The van der Waals surface area contributed by atoms with E-state index in [-0.39, 0.29) is 23.5 Å². The summed E-state index contributed by atoms with van der Waals surface area (Å²) in [6.45, 7) is 2.68. The van der Waals surface area contributed by atoms with E-state index in [0.717, 1.165) is 24.9 Å². The first-order valence-electron chi connectivity index (χ1n) is 8.47. The minimum absolute atomic E-state index is 0.0250. The third kappa shape index (κ3) is 4.25. The number of phenolic OH excluding ortho intramolecular Hbond substituents is 1. The van der Waals surface area contributed by atoms with Crippen LogP contribution in [0, 0.1) is 0 Å². The molecule has 3 rings (SSSR count). The number of amides is 1. The molecule has 1 unspecified atom stereocenters. The number of rotatable bonds is 5. The Kier molecular flexibility index (Phi) is 5.14. The molecule has 25 heavy (non-hydrogen) atoms. The van der Waals surface area contributed by atoms with E-state index in [1.165, 1.54) is 6.92 Å². The summed E-state index contributed by atoms with van der Waals surface area (Å²) in [4.78, 5) is 26.0. The van der Waals surface area contributed by atoms with Crippen LogP contribution >= 0.6 is 0 Å². The molecule has 1 fully saturated rings. The number of carbonyl (C=O) groups excluding carboxylic acids is 2. The highest BCUT2D eigenvalue weighted by molar-refractivity contribution is 5.97. The van der Waals surface area contributed by atoms with Crippen molar-refractivity contribution in [3.05, 3.63) is 59.7 Å². The highest BCUT2D eigenvalue weighted by Gasteiger charge is 2.27. The maximum absolute atomic E-state index is 12.4. The smallest absolute Gasteiger partial charge is 0.238 e. The molecule has 1 amide bonds. The zero-order chi connectivity index (χ0) is 17.8. The minimum atomic E-state index is -0.0913. The average Bonchev–Trinajstić information content (AvgIpc) is 3.03. The Morgan fingerprint density at radius 3 is 2.68 bits per heavy atom. The van der Waals surface area contributed by atoms with E-state index in [2.05, 4.69) is 10.2 Å². The van der Waals surface area contributed by atoms with E-state index < -0.39 is 0 Å². The number of hydrogen-bond acceptors (Lipinski definition) is 4. The number of benzene rings is 2. The van der Waals surface area contributed by atoms with Gasteiger partial charge in [0.1, 0.15) is 5.75 Å². The summed E-state index contributed by atoms with van der Waals surface area (Å²) in [7, 11) is 0. The molecule has 0 radical (unpaired) electrons. The van der Waals surface area contributed by atoms with Crippen molar-refractivity contribution >= 4 is 17.4 Å². The van der Waals surface area contributed by atoms with Crippen molar-refractivity contribution in [2.24, 2.45) is 0 Å². The van der Waals surface area contributed by atoms with Crippen LogP contribution in [0.2, 0.25) is 0 Å². The Balaban J connectivity index is 1.64. The van der Waals surface area contributed by atoms with Crippen LogP contribution in [0.5, 0.6) is 5.75 Å². The minimum Gasteiger partial charge on any atom is -0.508 e. The van der Waals surface area contributed by atoms with Crippen LogP contribution in [-0.4, -0.2) is 34.8 Å². The molecule has 1 aliphatic rings. The summed E-state index contributed by atoms with van der Waals surface area (Å²) >= 11 is 0. The van der Waals surface area contributed by atoms with Gasteiger partial charge in [0, 0.05) is 17.3 Å². The third-order valence-corrected chi connectivity index (χ3v) is 4.54. The van der Waals surface area contributed by atoms with E-state index in [0.29, 0.717) is 17.8 Å². The normalized spacial score (nSPS) is 17.4. The number of hydrogen-bond donors (Lipinski definition) is 2. The number of anilines is 1. The molecule has 1 heterocycles. The SMILES string of the molecule is CC(=O)c1cccc(NC(=O)CN2CCCC2c2ccc(O)cc2)c1. The van der Waals surface area contributed by atoms with Crippen molar-refractivity contribution in [2.45, 2.75) is 25.8 Å². The molecular weight excluding hydrogens is 316 g/mol. The molecule has 0 saturated carbocycles. The number of ketones is 1. The first-order valence-corrected chi connectivity index (χ1v) is 8.47. The lowest BCUT2D eigenvalue weighted by atomic mass is 10.0. The van der Waals surface area contributed by atoms with Gasteiger partial charge in [-0.1, -0.05) is 24.3 Å². The molecular formula is C20H22N2O3. The van der Waals surface area contributed by atoms with Gasteiger partial charge in [-0.2, -0.15) is 0 Å². The zero-order valence-electron chi connectivity index (χ0n) is 14.2. The van der Waals surface area contributed by atoms with E-state index in [1.54, 1.807) is 36.4 Å². The monoisotopic (exact) mass is 338 g/mol. The second kappa shape index (κ2) is 7.49. The van der Waals surface area contributed by atoms with Gasteiger partial charge < -0.3 is 10.4 Å². The Morgan fingerprint density at radius 2 is 1.96 bits per heavy atom. The van der Waals surface area contributed by atoms with Crippen molar-refractivity contribution in [1.82, 2.24) is 4.90 Å². The number of aromatic hydroxyl groups is 1. The van der Waals surface area contributed by atoms with Crippen LogP contribution in [-0.2, 0) is 4.79 Å². The van der Waals surface area contributed by atoms with Gasteiger partial charge in [-0.3, -0.25) is 14.5 Å². The van der Waals surface area contributed by atoms with Crippen LogP contribution in [0.15, 0.2) is 48.5 Å². The summed E-state index contributed by atoms with van der Waals surface area (Å²) in [6, 6.07) is 14.3. The largest absolute Gasteiger partial charge is 0.508 e. The number of phenols is 1. The molecule has 0 bridgehead atoms.